The van der Waals surface area contributed by atoms with Crippen molar-refractivity contribution >= 4 is 22.6 Å². The highest BCUT2D eigenvalue weighted by molar-refractivity contribution is 14.1. The largest absolute Gasteiger partial charge is 0.507 e. The average molecular weight is 396 g/mol. The van der Waals surface area contributed by atoms with Gasteiger partial charge in [-0.05, 0) is 58.5 Å². The van der Waals surface area contributed by atoms with Crippen LogP contribution in [0.3, 0.4) is 0 Å². The maximum Gasteiger partial charge on any atom is 0.261 e. The minimum atomic E-state index is -0.281. The van der Waals surface area contributed by atoms with Gasteiger partial charge in [0.2, 0.25) is 0 Å². The van der Waals surface area contributed by atoms with Crippen LogP contribution in [0.2, 0.25) is 0 Å². The summed E-state index contributed by atoms with van der Waals surface area (Å²) in [5.74, 6) is 0.557. The summed E-state index contributed by atoms with van der Waals surface area (Å²) in [6, 6.07) is 11.3. The third kappa shape index (κ3) is 3.21. The minimum Gasteiger partial charge on any atom is -0.507 e. The molecule has 0 atom stereocenters. The lowest BCUT2D eigenvalue weighted by molar-refractivity contribution is 0.418. The SMILES string of the molecule is Oc1ccc(I)cc1-c1nc(Cc2ccc(F)cc2)no1. The molecule has 0 radical (unpaired) electrons. The van der Waals surface area contributed by atoms with Crippen LogP contribution >= 0.6 is 22.6 Å². The summed E-state index contributed by atoms with van der Waals surface area (Å²) >= 11 is 2.14. The molecule has 1 aromatic heterocycles. The van der Waals surface area contributed by atoms with E-state index in [2.05, 4.69) is 32.7 Å². The number of phenols is 1. The molecule has 0 aliphatic carbocycles. The number of hydrogen-bond donors (Lipinski definition) is 1. The molecule has 0 aliphatic heterocycles. The van der Waals surface area contributed by atoms with Gasteiger partial charge < -0.3 is 9.63 Å². The summed E-state index contributed by atoms with van der Waals surface area (Å²) in [4.78, 5) is 4.27. The molecule has 0 bridgehead atoms. The van der Waals surface area contributed by atoms with Crippen molar-refractivity contribution in [3.63, 3.8) is 0 Å². The third-order valence-electron chi connectivity index (χ3n) is 2.93. The first-order valence-corrected chi connectivity index (χ1v) is 7.25. The average Bonchev–Trinajstić information content (AvgIpc) is 2.92. The third-order valence-corrected chi connectivity index (χ3v) is 3.60. The molecular weight excluding hydrogens is 386 g/mol. The van der Waals surface area contributed by atoms with Crippen LogP contribution < -0.4 is 0 Å². The number of phenolic OH excluding ortho intramolecular Hbond substituents is 1. The number of nitrogens with zero attached hydrogens (tertiary/aromatic N) is 2. The van der Waals surface area contributed by atoms with Gasteiger partial charge in [0.05, 0.1) is 5.56 Å². The van der Waals surface area contributed by atoms with Gasteiger partial charge in [-0.3, -0.25) is 0 Å². The second kappa shape index (κ2) is 5.80. The van der Waals surface area contributed by atoms with Crippen LogP contribution in [0.1, 0.15) is 11.4 Å². The summed E-state index contributed by atoms with van der Waals surface area (Å²) in [5.41, 5.74) is 1.38. The molecule has 0 spiro atoms. The molecule has 106 valence electrons. The highest BCUT2D eigenvalue weighted by Gasteiger charge is 2.13. The van der Waals surface area contributed by atoms with Gasteiger partial charge in [0.15, 0.2) is 5.82 Å². The van der Waals surface area contributed by atoms with E-state index in [-0.39, 0.29) is 17.5 Å². The van der Waals surface area contributed by atoms with Crippen molar-refractivity contribution < 1.29 is 14.0 Å². The molecule has 2 aromatic carbocycles. The zero-order valence-corrected chi connectivity index (χ0v) is 12.9. The molecule has 1 N–H and O–H groups in total. The van der Waals surface area contributed by atoms with Crippen molar-refractivity contribution in [1.29, 1.82) is 0 Å². The fraction of sp³-hybridized carbons (Fsp3) is 0.0667. The first kappa shape index (κ1) is 14.0. The van der Waals surface area contributed by atoms with E-state index in [1.807, 2.05) is 0 Å². The smallest absolute Gasteiger partial charge is 0.261 e. The molecule has 6 heteroatoms. The van der Waals surface area contributed by atoms with Crippen LogP contribution in [0.4, 0.5) is 4.39 Å². The summed E-state index contributed by atoms with van der Waals surface area (Å²) in [6.07, 6.45) is 0.439. The molecule has 4 nitrogen and oxygen atoms in total. The summed E-state index contributed by atoms with van der Waals surface area (Å²) < 4.78 is 19.0. The van der Waals surface area contributed by atoms with Gasteiger partial charge in [-0.2, -0.15) is 4.98 Å². The summed E-state index contributed by atoms with van der Waals surface area (Å²) in [7, 11) is 0. The molecule has 21 heavy (non-hydrogen) atoms. The van der Waals surface area contributed by atoms with Gasteiger partial charge >= 0.3 is 0 Å². The van der Waals surface area contributed by atoms with Crippen LogP contribution in [0.5, 0.6) is 5.75 Å². The Morgan fingerprint density at radius 3 is 2.67 bits per heavy atom. The number of aromatic hydroxyl groups is 1. The van der Waals surface area contributed by atoms with Crippen molar-refractivity contribution in [3.05, 3.63) is 63.2 Å². The fourth-order valence-electron chi connectivity index (χ4n) is 1.90. The van der Waals surface area contributed by atoms with Crippen molar-refractivity contribution in [2.45, 2.75) is 6.42 Å². The van der Waals surface area contributed by atoms with Gasteiger partial charge in [0.25, 0.3) is 5.89 Å². The number of halogens is 2. The normalized spacial score (nSPS) is 10.8. The lowest BCUT2D eigenvalue weighted by Gasteiger charge is -1.99. The van der Waals surface area contributed by atoms with Crippen LogP contribution in [-0.4, -0.2) is 15.2 Å². The molecule has 0 amide bonds. The zero-order valence-electron chi connectivity index (χ0n) is 10.8. The molecule has 3 rings (SSSR count). The molecule has 0 unspecified atom stereocenters. The Bertz CT molecular complexity index is 772. The lowest BCUT2D eigenvalue weighted by atomic mass is 10.1. The van der Waals surface area contributed by atoms with Gasteiger partial charge in [0.1, 0.15) is 11.6 Å². The van der Waals surface area contributed by atoms with Gasteiger partial charge in [-0.1, -0.05) is 17.3 Å². The van der Waals surface area contributed by atoms with E-state index >= 15 is 0 Å². The van der Waals surface area contributed by atoms with E-state index in [0.717, 1.165) is 9.13 Å². The number of rotatable bonds is 3. The van der Waals surface area contributed by atoms with Gasteiger partial charge in [0, 0.05) is 9.99 Å². The molecular formula is C15H10FIN2O2. The lowest BCUT2D eigenvalue weighted by Crippen LogP contribution is -1.91. The first-order chi connectivity index (χ1) is 10.1. The molecule has 0 aliphatic rings. The van der Waals surface area contributed by atoms with E-state index in [1.54, 1.807) is 30.3 Å². The van der Waals surface area contributed by atoms with Crippen molar-refractivity contribution in [3.8, 4) is 17.2 Å². The molecule has 0 saturated heterocycles. The van der Waals surface area contributed by atoms with Gasteiger partial charge in [-0.15, -0.1) is 0 Å². The van der Waals surface area contributed by atoms with Crippen molar-refractivity contribution in [2.75, 3.05) is 0 Å². The van der Waals surface area contributed by atoms with Crippen LogP contribution in [0, 0.1) is 9.39 Å². The van der Waals surface area contributed by atoms with E-state index < -0.39 is 0 Å². The maximum atomic E-state index is 12.9. The molecule has 0 fully saturated rings. The van der Waals surface area contributed by atoms with Crippen LogP contribution in [-0.2, 0) is 6.42 Å². The fourth-order valence-corrected chi connectivity index (χ4v) is 2.39. The number of benzene rings is 2. The highest BCUT2D eigenvalue weighted by Crippen LogP contribution is 2.29. The number of aromatic nitrogens is 2. The van der Waals surface area contributed by atoms with E-state index in [0.29, 0.717) is 17.8 Å². The van der Waals surface area contributed by atoms with E-state index in [4.69, 9.17) is 4.52 Å². The van der Waals surface area contributed by atoms with Crippen LogP contribution in [0.25, 0.3) is 11.5 Å². The maximum absolute atomic E-state index is 12.9. The van der Waals surface area contributed by atoms with Crippen molar-refractivity contribution in [1.82, 2.24) is 10.1 Å². The Balaban J connectivity index is 1.86. The highest BCUT2D eigenvalue weighted by atomic mass is 127. The van der Waals surface area contributed by atoms with Crippen molar-refractivity contribution in [2.24, 2.45) is 0 Å². The second-order valence-corrected chi connectivity index (χ2v) is 5.73. The summed E-state index contributed by atoms with van der Waals surface area (Å²) in [6.45, 7) is 0. The summed E-state index contributed by atoms with van der Waals surface area (Å²) in [5, 5.41) is 13.7. The van der Waals surface area contributed by atoms with Crippen LogP contribution in [0.15, 0.2) is 47.0 Å². The van der Waals surface area contributed by atoms with E-state index in [9.17, 15) is 9.50 Å². The van der Waals surface area contributed by atoms with Gasteiger partial charge in [-0.25, -0.2) is 4.39 Å². The Labute approximate surface area is 133 Å². The Morgan fingerprint density at radius 2 is 1.90 bits per heavy atom. The molecule has 1 heterocycles. The standard InChI is InChI=1S/C15H10FIN2O2/c16-10-3-1-9(2-4-10)7-14-18-15(21-19-14)12-8-11(17)5-6-13(12)20/h1-6,8,20H,7H2. The molecule has 0 saturated carbocycles. The van der Waals surface area contributed by atoms with E-state index in [1.165, 1.54) is 12.1 Å². The Morgan fingerprint density at radius 1 is 1.14 bits per heavy atom. The number of hydrogen-bond acceptors (Lipinski definition) is 4. The Kier molecular flexibility index (Phi) is 3.87. The monoisotopic (exact) mass is 396 g/mol. The second-order valence-electron chi connectivity index (χ2n) is 4.48. The quantitative estimate of drug-likeness (QED) is 0.685. The predicted octanol–water partition coefficient (Wildman–Crippen LogP) is 3.78. The minimum absolute atomic E-state index is 0.0902. The topological polar surface area (TPSA) is 59.2 Å². The zero-order chi connectivity index (χ0) is 14.8. The molecule has 3 aromatic rings. The predicted molar refractivity (Wildman–Crippen MR) is 83.3 cm³/mol. The first-order valence-electron chi connectivity index (χ1n) is 6.18. The Hall–Kier alpha value is -1.96.